The summed E-state index contributed by atoms with van der Waals surface area (Å²) in [5.74, 6) is 0. The second-order valence-electron chi connectivity index (χ2n) is 16.0. The van der Waals surface area contributed by atoms with Crippen LogP contribution < -0.4 is 4.90 Å². The fourth-order valence-corrected chi connectivity index (χ4v) is 11.7. The zero-order chi connectivity index (χ0) is 38.7. The molecular formula is C57H35NS. The molecule has 0 radical (unpaired) electrons. The minimum atomic E-state index is -0.528. The van der Waals surface area contributed by atoms with Gasteiger partial charge in [-0.2, -0.15) is 0 Å². The highest BCUT2D eigenvalue weighted by atomic mass is 32.1. The van der Waals surface area contributed by atoms with Crippen molar-refractivity contribution in [3.8, 4) is 33.4 Å². The number of hydrogen-bond acceptors (Lipinski definition) is 2. The Morgan fingerprint density at radius 2 is 0.932 bits per heavy atom. The lowest BCUT2D eigenvalue weighted by Crippen LogP contribution is -2.26. The number of anilines is 3. The molecule has 13 rings (SSSR count). The van der Waals surface area contributed by atoms with Gasteiger partial charge in [-0.05, 0) is 120 Å². The minimum Gasteiger partial charge on any atom is -0.310 e. The third-order valence-corrected chi connectivity index (χ3v) is 14.2. The molecule has 0 saturated heterocycles. The highest BCUT2D eigenvalue weighted by molar-refractivity contribution is 7.26. The van der Waals surface area contributed by atoms with Crippen molar-refractivity contribution in [1.82, 2.24) is 0 Å². The van der Waals surface area contributed by atoms with Gasteiger partial charge >= 0.3 is 0 Å². The second-order valence-corrected chi connectivity index (χ2v) is 17.1. The maximum atomic E-state index is 2.52. The Labute approximate surface area is 346 Å². The number of hydrogen-bond donors (Lipinski definition) is 0. The normalized spacial score (nSPS) is 14.8. The van der Waals surface area contributed by atoms with Crippen LogP contribution in [0.25, 0.3) is 75.1 Å². The summed E-state index contributed by atoms with van der Waals surface area (Å²) in [4.78, 5) is 2.46. The second kappa shape index (κ2) is 12.4. The molecule has 2 heteroatoms. The van der Waals surface area contributed by atoms with Crippen LogP contribution in [0.15, 0.2) is 212 Å². The summed E-state index contributed by atoms with van der Waals surface area (Å²) in [6.45, 7) is 0. The monoisotopic (exact) mass is 765 g/mol. The van der Waals surface area contributed by atoms with Crippen LogP contribution in [-0.2, 0) is 5.41 Å². The lowest BCUT2D eigenvalue weighted by atomic mass is 9.70. The van der Waals surface area contributed by atoms with E-state index in [-0.39, 0.29) is 0 Å². The quantitative estimate of drug-likeness (QED) is 0.172. The van der Waals surface area contributed by atoms with Crippen LogP contribution in [-0.4, -0.2) is 0 Å². The molecule has 2 aliphatic rings. The lowest BCUT2D eigenvalue weighted by molar-refractivity contribution is 0.795. The van der Waals surface area contributed by atoms with Crippen molar-refractivity contribution < 1.29 is 0 Å². The van der Waals surface area contributed by atoms with Gasteiger partial charge in [0, 0.05) is 42.8 Å². The summed E-state index contributed by atoms with van der Waals surface area (Å²) in [5, 5.41) is 7.58. The molecule has 1 unspecified atom stereocenters. The summed E-state index contributed by atoms with van der Waals surface area (Å²) >= 11 is 1.93. The van der Waals surface area contributed by atoms with Crippen molar-refractivity contribution >= 4 is 70.1 Å². The van der Waals surface area contributed by atoms with E-state index in [1.165, 1.54) is 97.4 Å². The summed E-state index contributed by atoms with van der Waals surface area (Å²) in [5.41, 5.74) is 16.0. The molecule has 0 saturated carbocycles. The highest BCUT2D eigenvalue weighted by Gasteiger charge is 2.52. The molecule has 10 aromatic carbocycles. The molecule has 0 fully saturated rings. The first kappa shape index (κ1) is 32.8. The van der Waals surface area contributed by atoms with Crippen LogP contribution in [0, 0.1) is 0 Å². The van der Waals surface area contributed by atoms with Gasteiger partial charge in [0.15, 0.2) is 0 Å². The van der Waals surface area contributed by atoms with Gasteiger partial charge in [-0.15, -0.1) is 11.3 Å². The molecule has 1 nitrogen and oxygen atoms in total. The molecule has 0 amide bonds. The molecule has 1 aromatic heterocycles. The third-order valence-electron chi connectivity index (χ3n) is 13.0. The van der Waals surface area contributed by atoms with Gasteiger partial charge in [0.2, 0.25) is 0 Å². The topological polar surface area (TPSA) is 3.24 Å². The Morgan fingerprint density at radius 1 is 0.339 bits per heavy atom. The fourth-order valence-electron chi connectivity index (χ4n) is 10.5. The zero-order valence-corrected chi connectivity index (χ0v) is 32.9. The van der Waals surface area contributed by atoms with E-state index >= 15 is 0 Å². The molecule has 0 bridgehead atoms. The van der Waals surface area contributed by atoms with E-state index in [4.69, 9.17) is 0 Å². The van der Waals surface area contributed by atoms with Crippen LogP contribution in [0.4, 0.5) is 17.1 Å². The Balaban J connectivity index is 1.12. The van der Waals surface area contributed by atoms with Gasteiger partial charge in [-0.3, -0.25) is 0 Å². The molecule has 2 aliphatic carbocycles. The van der Waals surface area contributed by atoms with E-state index < -0.39 is 5.41 Å². The smallest absolute Gasteiger partial charge is 0.0727 e. The Bertz CT molecular complexity index is 3440. The zero-order valence-electron chi connectivity index (χ0n) is 32.1. The number of nitrogens with zero attached hydrogens (tertiary/aromatic N) is 1. The molecule has 1 spiro atoms. The summed E-state index contributed by atoms with van der Waals surface area (Å²) in [6, 6.07) is 79.4. The van der Waals surface area contributed by atoms with Crippen molar-refractivity contribution in [2.75, 3.05) is 4.90 Å². The van der Waals surface area contributed by atoms with Crippen molar-refractivity contribution in [2.45, 2.75) is 5.41 Å². The number of thiophene rings is 1. The molecule has 59 heavy (non-hydrogen) atoms. The van der Waals surface area contributed by atoms with Crippen molar-refractivity contribution in [3.63, 3.8) is 0 Å². The Hall–Kier alpha value is -7.26. The maximum Gasteiger partial charge on any atom is 0.0727 e. The van der Waals surface area contributed by atoms with Gasteiger partial charge in [-0.1, -0.05) is 164 Å². The third kappa shape index (κ3) is 4.61. The van der Waals surface area contributed by atoms with Crippen molar-refractivity contribution in [2.24, 2.45) is 0 Å². The molecule has 1 atom stereocenters. The van der Waals surface area contributed by atoms with Gasteiger partial charge in [0.25, 0.3) is 0 Å². The average Bonchev–Trinajstić information content (AvgIpc) is 3.93. The van der Waals surface area contributed by atoms with Crippen LogP contribution >= 0.6 is 11.3 Å². The summed E-state index contributed by atoms with van der Waals surface area (Å²) in [7, 11) is 0. The molecule has 11 aromatic rings. The van der Waals surface area contributed by atoms with E-state index in [2.05, 4.69) is 217 Å². The minimum absolute atomic E-state index is 0.528. The van der Waals surface area contributed by atoms with E-state index in [0.717, 1.165) is 17.1 Å². The van der Waals surface area contributed by atoms with Crippen LogP contribution in [0.3, 0.4) is 0 Å². The fraction of sp³-hybridized carbons (Fsp3) is 0.0175. The number of rotatable bonds is 4. The van der Waals surface area contributed by atoms with Gasteiger partial charge in [0.05, 0.1) is 5.41 Å². The lowest BCUT2D eigenvalue weighted by Gasteiger charge is -2.32. The molecule has 1 heterocycles. The first-order chi connectivity index (χ1) is 29.2. The standard InChI is InChI=1S/C57H35NS/c1-2-12-36(13-3-1)41-24-28-45-46-29-27-44(58(42-25-22-37-14-4-6-16-39(37)32-42)43-26-23-38-15-5-7-17-40(38)33-43)35-53(46)57(52(45)34-41)50-20-10-8-19-49(50)55-51(57)31-30-48-47-18-9-11-21-54(47)59-56(48)55/h1-35H. The Morgan fingerprint density at radius 3 is 1.69 bits per heavy atom. The molecule has 0 N–H and O–H groups in total. The predicted octanol–water partition coefficient (Wildman–Crippen LogP) is 15.8. The van der Waals surface area contributed by atoms with E-state index in [1.807, 2.05) is 11.3 Å². The van der Waals surface area contributed by atoms with Crippen molar-refractivity contribution in [3.05, 3.63) is 235 Å². The van der Waals surface area contributed by atoms with E-state index in [9.17, 15) is 0 Å². The van der Waals surface area contributed by atoms with E-state index in [0.29, 0.717) is 0 Å². The van der Waals surface area contributed by atoms with Gasteiger partial charge in [-0.25, -0.2) is 0 Å². The predicted molar refractivity (Wildman–Crippen MR) is 251 cm³/mol. The number of fused-ring (bicyclic) bond motifs is 16. The SMILES string of the molecule is c1ccc(-c2ccc3c(c2)C2(c4cc(N(c5ccc6ccccc6c5)c5ccc6ccccc6c5)ccc4-3)c3ccccc3-c3c2ccc2c3sc3ccccc32)cc1. The van der Waals surface area contributed by atoms with Crippen LogP contribution in [0.2, 0.25) is 0 Å². The van der Waals surface area contributed by atoms with Gasteiger partial charge in [0.1, 0.15) is 0 Å². The summed E-state index contributed by atoms with van der Waals surface area (Å²) < 4.78 is 2.70. The molecule has 0 aliphatic heterocycles. The van der Waals surface area contributed by atoms with Crippen molar-refractivity contribution in [1.29, 1.82) is 0 Å². The maximum absolute atomic E-state index is 2.52. The van der Waals surface area contributed by atoms with Crippen LogP contribution in [0.1, 0.15) is 22.3 Å². The summed E-state index contributed by atoms with van der Waals surface area (Å²) in [6.07, 6.45) is 0. The molecular weight excluding hydrogens is 731 g/mol. The largest absolute Gasteiger partial charge is 0.310 e. The molecule has 274 valence electrons. The highest BCUT2D eigenvalue weighted by Crippen LogP contribution is 2.65. The Kier molecular flexibility index (Phi) is 6.87. The number of benzene rings is 10. The first-order valence-electron chi connectivity index (χ1n) is 20.4. The average molecular weight is 766 g/mol. The van der Waals surface area contributed by atoms with E-state index in [1.54, 1.807) is 0 Å². The van der Waals surface area contributed by atoms with Gasteiger partial charge < -0.3 is 4.90 Å². The van der Waals surface area contributed by atoms with Crippen LogP contribution in [0.5, 0.6) is 0 Å². The first-order valence-corrected chi connectivity index (χ1v) is 21.2.